The maximum absolute atomic E-state index is 5.54. The Labute approximate surface area is 118 Å². The summed E-state index contributed by atoms with van der Waals surface area (Å²) in [5, 5.41) is 0. The van der Waals surface area contributed by atoms with Crippen molar-refractivity contribution in [3.8, 4) is 34.7 Å². The van der Waals surface area contributed by atoms with E-state index in [1.165, 1.54) is 0 Å². The molecule has 0 radical (unpaired) electrons. The first-order valence-electron chi connectivity index (χ1n) is 6.46. The van der Waals surface area contributed by atoms with Gasteiger partial charge in [0, 0.05) is 22.9 Å². The van der Waals surface area contributed by atoms with Crippen LogP contribution in [0, 0.1) is 12.3 Å². The summed E-state index contributed by atoms with van der Waals surface area (Å²) in [4.78, 5) is 4.53. The number of terminal acetylenes is 1. The molecular formula is C19H13N. The first kappa shape index (κ1) is 12.2. The van der Waals surface area contributed by atoms with Gasteiger partial charge in [0.25, 0.3) is 0 Å². The monoisotopic (exact) mass is 255 g/mol. The normalized spacial score (nSPS) is 9.95. The summed E-state index contributed by atoms with van der Waals surface area (Å²) < 4.78 is 0. The van der Waals surface area contributed by atoms with Crippen molar-refractivity contribution in [2.24, 2.45) is 0 Å². The van der Waals surface area contributed by atoms with Gasteiger partial charge in [0.05, 0.1) is 5.69 Å². The highest BCUT2D eigenvalue weighted by atomic mass is 14.7. The summed E-state index contributed by atoms with van der Waals surface area (Å²) in [6, 6.07) is 22.1. The molecule has 94 valence electrons. The van der Waals surface area contributed by atoms with Crippen LogP contribution in [0.3, 0.4) is 0 Å². The second-order valence-electron chi connectivity index (χ2n) is 4.49. The molecule has 2 aromatic carbocycles. The van der Waals surface area contributed by atoms with Crippen LogP contribution in [0.5, 0.6) is 0 Å². The average Bonchev–Trinajstić information content (AvgIpc) is 2.56. The lowest BCUT2D eigenvalue weighted by Crippen LogP contribution is -1.87. The molecule has 3 rings (SSSR count). The molecule has 0 aliphatic heterocycles. The Hall–Kier alpha value is -2.85. The van der Waals surface area contributed by atoms with Gasteiger partial charge in [0.2, 0.25) is 0 Å². The maximum Gasteiger partial charge on any atom is 0.0702 e. The van der Waals surface area contributed by atoms with E-state index >= 15 is 0 Å². The molecule has 3 aromatic rings. The molecule has 0 spiro atoms. The van der Waals surface area contributed by atoms with Crippen LogP contribution in [-0.4, -0.2) is 4.98 Å². The minimum absolute atomic E-state index is 0.891. The van der Waals surface area contributed by atoms with Crippen LogP contribution in [0.25, 0.3) is 22.4 Å². The van der Waals surface area contributed by atoms with E-state index in [2.05, 4.69) is 29.1 Å². The smallest absolute Gasteiger partial charge is 0.0702 e. The van der Waals surface area contributed by atoms with Crippen LogP contribution in [0.15, 0.2) is 72.9 Å². The van der Waals surface area contributed by atoms with Crippen LogP contribution < -0.4 is 0 Å². The molecule has 1 aromatic heterocycles. The van der Waals surface area contributed by atoms with E-state index in [0.717, 1.165) is 27.9 Å². The Morgan fingerprint density at radius 3 is 2.20 bits per heavy atom. The van der Waals surface area contributed by atoms with Gasteiger partial charge in [-0.25, -0.2) is 0 Å². The van der Waals surface area contributed by atoms with Crippen LogP contribution >= 0.6 is 0 Å². The summed E-state index contributed by atoms with van der Waals surface area (Å²) in [6.45, 7) is 0. The fourth-order valence-electron chi connectivity index (χ4n) is 2.19. The average molecular weight is 255 g/mol. The molecule has 0 bridgehead atoms. The zero-order chi connectivity index (χ0) is 13.8. The fraction of sp³-hybridized carbons (Fsp3) is 0. The topological polar surface area (TPSA) is 12.9 Å². The SMILES string of the molecule is C#Cc1ccccc1-c1ccc(-c2ccccc2)nc1. The third-order valence-corrected chi connectivity index (χ3v) is 3.23. The van der Waals surface area contributed by atoms with Crippen LogP contribution in [0.4, 0.5) is 0 Å². The zero-order valence-corrected chi connectivity index (χ0v) is 11.0. The van der Waals surface area contributed by atoms with Gasteiger partial charge in [-0.3, -0.25) is 4.98 Å². The van der Waals surface area contributed by atoms with Crippen molar-refractivity contribution in [3.63, 3.8) is 0 Å². The van der Waals surface area contributed by atoms with Crippen LogP contribution in [0.2, 0.25) is 0 Å². The molecule has 0 unspecified atom stereocenters. The third-order valence-electron chi connectivity index (χ3n) is 3.23. The van der Waals surface area contributed by atoms with Crippen molar-refractivity contribution in [2.45, 2.75) is 0 Å². The number of hydrogen-bond donors (Lipinski definition) is 0. The minimum atomic E-state index is 0.891. The Kier molecular flexibility index (Phi) is 3.31. The quantitative estimate of drug-likeness (QED) is 0.619. The Balaban J connectivity index is 2.00. The summed E-state index contributed by atoms with van der Waals surface area (Å²) in [5.74, 6) is 2.71. The second kappa shape index (κ2) is 5.42. The summed E-state index contributed by atoms with van der Waals surface area (Å²) in [7, 11) is 0. The predicted octanol–water partition coefficient (Wildman–Crippen LogP) is 4.40. The highest BCUT2D eigenvalue weighted by molar-refractivity contribution is 5.72. The number of hydrogen-bond acceptors (Lipinski definition) is 1. The standard InChI is InChI=1S/C19H13N/c1-2-15-8-6-7-11-18(15)17-12-13-19(20-14-17)16-9-4-3-5-10-16/h1,3-14H. The second-order valence-corrected chi connectivity index (χ2v) is 4.49. The summed E-state index contributed by atoms with van der Waals surface area (Å²) in [6.07, 6.45) is 7.41. The molecule has 0 atom stereocenters. The van der Waals surface area contributed by atoms with Crippen LogP contribution in [0.1, 0.15) is 5.56 Å². The molecule has 0 aliphatic carbocycles. The Bertz CT molecular complexity index is 750. The minimum Gasteiger partial charge on any atom is -0.256 e. The van der Waals surface area contributed by atoms with Crippen molar-refractivity contribution >= 4 is 0 Å². The first-order chi connectivity index (χ1) is 9.88. The molecule has 1 nitrogen and oxygen atoms in total. The van der Waals surface area contributed by atoms with E-state index in [1.54, 1.807) is 0 Å². The lowest BCUT2D eigenvalue weighted by molar-refractivity contribution is 1.32. The molecule has 1 heterocycles. The number of pyridine rings is 1. The van der Waals surface area contributed by atoms with Crippen molar-refractivity contribution < 1.29 is 0 Å². The van der Waals surface area contributed by atoms with Gasteiger partial charge >= 0.3 is 0 Å². The zero-order valence-electron chi connectivity index (χ0n) is 11.0. The van der Waals surface area contributed by atoms with Gasteiger partial charge in [-0.15, -0.1) is 6.42 Å². The van der Waals surface area contributed by atoms with Crippen molar-refractivity contribution in [3.05, 3.63) is 78.5 Å². The highest BCUT2D eigenvalue weighted by Crippen LogP contribution is 2.24. The van der Waals surface area contributed by atoms with Crippen molar-refractivity contribution in [2.75, 3.05) is 0 Å². The maximum atomic E-state index is 5.54. The van der Waals surface area contributed by atoms with Gasteiger partial charge in [-0.1, -0.05) is 60.5 Å². The molecule has 0 saturated heterocycles. The van der Waals surface area contributed by atoms with Gasteiger partial charge in [-0.2, -0.15) is 0 Å². The summed E-state index contributed by atoms with van der Waals surface area (Å²) in [5.41, 5.74) is 5.05. The molecule has 0 amide bonds. The largest absolute Gasteiger partial charge is 0.256 e. The molecule has 0 fully saturated rings. The predicted molar refractivity (Wildman–Crippen MR) is 83.0 cm³/mol. The number of aromatic nitrogens is 1. The van der Waals surface area contributed by atoms with E-state index in [0.29, 0.717) is 0 Å². The van der Waals surface area contributed by atoms with E-state index in [-0.39, 0.29) is 0 Å². The highest BCUT2D eigenvalue weighted by Gasteiger charge is 2.04. The lowest BCUT2D eigenvalue weighted by Gasteiger charge is -2.06. The number of nitrogens with zero attached hydrogens (tertiary/aromatic N) is 1. The molecular weight excluding hydrogens is 242 g/mol. The Morgan fingerprint density at radius 1 is 0.750 bits per heavy atom. The summed E-state index contributed by atoms with van der Waals surface area (Å²) >= 11 is 0. The van der Waals surface area contributed by atoms with Crippen LogP contribution in [-0.2, 0) is 0 Å². The number of benzene rings is 2. The van der Waals surface area contributed by atoms with E-state index in [4.69, 9.17) is 6.42 Å². The van der Waals surface area contributed by atoms with E-state index in [1.807, 2.05) is 54.7 Å². The lowest BCUT2D eigenvalue weighted by atomic mass is 10.0. The molecule has 20 heavy (non-hydrogen) atoms. The molecule has 0 aliphatic rings. The Morgan fingerprint density at radius 2 is 1.50 bits per heavy atom. The first-order valence-corrected chi connectivity index (χ1v) is 6.46. The van der Waals surface area contributed by atoms with Gasteiger partial charge < -0.3 is 0 Å². The van der Waals surface area contributed by atoms with E-state index < -0.39 is 0 Å². The number of rotatable bonds is 2. The third kappa shape index (κ3) is 2.32. The molecule has 0 saturated carbocycles. The van der Waals surface area contributed by atoms with Gasteiger partial charge in [0.1, 0.15) is 0 Å². The van der Waals surface area contributed by atoms with Gasteiger partial charge in [0.15, 0.2) is 0 Å². The van der Waals surface area contributed by atoms with Crippen molar-refractivity contribution in [1.82, 2.24) is 4.98 Å². The van der Waals surface area contributed by atoms with Crippen molar-refractivity contribution in [1.29, 1.82) is 0 Å². The fourth-order valence-corrected chi connectivity index (χ4v) is 2.19. The van der Waals surface area contributed by atoms with Gasteiger partial charge in [-0.05, 0) is 17.7 Å². The van der Waals surface area contributed by atoms with E-state index in [9.17, 15) is 0 Å². The molecule has 0 N–H and O–H groups in total. The molecule has 1 heteroatoms.